The lowest BCUT2D eigenvalue weighted by molar-refractivity contribution is -0.137. The molecule has 0 atom stereocenters. The van der Waals surface area contributed by atoms with E-state index in [4.69, 9.17) is 26.3 Å². The Hall–Kier alpha value is -4.11. The topological polar surface area (TPSA) is 141 Å². The van der Waals surface area contributed by atoms with Gasteiger partial charge in [-0.2, -0.15) is 5.26 Å². The first kappa shape index (κ1) is 34.2. The van der Waals surface area contributed by atoms with Gasteiger partial charge in [-0.25, -0.2) is 4.79 Å². The second kappa shape index (κ2) is 14.8. The largest absolute Gasteiger partial charge is 0.490 e. The maximum atomic E-state index is 13.2. The Labute approximate surface area is 281 Å². The Balaban J connectivity index is 1.03. The molecule has 3 aliphatic rings. The van der Waals surface area contributed by atoms with Gasteiger partial charge in [0.15, 0.2) is 11.5 Å². The van der Waals surface area contributed by atoms with Crippen molar-refractivity contribution in [2.75, 3.05) is 44.2 Å². The summed E-state index contributed by atoms with van der Waals surface area (Å²) < 4.78 is 11.6. The highest BCUT2D eigenvalue weighted by Gasteiger charge is 2.33. The molecule has 0 spiro atoms. The third-order valence-electron chi connectivity index (χ3n) is 9.05. The number of ether oxygens (including phenoxy) is 2. The van der Waals surface area contributed by atoms with E-state index >= 15 is 0 Å². The maximum Gasteiger partial charge on any atom is 0.410 e. The van der Waals surface area contributed by atoms with Crippen molar-refractivity contribution in [2.45, 2.75) is 84.0 Å². The molecule has 13 heteroatoms. The van der Waals surface area contributed by atoms with Crippen molar-refractivity contribution in [1.82, 2.24) is 25.3 Å². The quantitative estimate of drug-likeness (QED) is 0.464. The number of anilines is 1. The zero-order valence-electron chi connectivity index (χ0n) is 27.6. The minimum absolute atomic E-state index is 0.0119. The van der Waals surface area contributed by atoms with Crippen molar-refractivity contribution in [2.24, 2.45) is 5.92 Å². The van der Waals surface area contributed by atoms with Crippen LogP contribution in [0.25, 0.3) is 0 Å². The smallest absolute Gasteiger partial charge is 0.410 e. The number of likely N-dealkylation sites (tertiary alicyclic amines) is 1. The Kier molecular flexibility index (Phi) is 10.7. The molecule has 3 heterocycles. The van der Waals surface area contributed by atoms with Crippen LogP contribution in [0.15, 0.2) is 24.3 Å². The van der Waals surface area contributed by atoms with Crippen molar-refractivity contribution in [3.63, 3.8) is 0 Å². The molecule has 2 aromatic rings. The molecule has 1 aromatic heterocycles. The number of benzene rings is 1. The van der Waals surface area contributed by atoms with Crippen LogP contribution >= 0.6 is 11.6 Å². The number of piperidine rings is 1. The van der Waals surface area contributed by atoms with E-state index in [0.717, 1.165) is 31.2 Å². The lowest BCUT2D eigenvalue weighted by atomic mass is 9.92. The minimum atomic E-state index is -0.539. The molecule has 1 aliphatic carbocycles. The van der Waals surface area contributed by atoms with E-state index in [1.807, 2.05) is 38.7 Å². The molecule has 1 N–H and O–H groups in total. The number of aromatic nitrogens is 2. The molecular weight excluding hydrogens is 622 g/mol. The van der Waals surface area contributed by atoms with E-state index < -0.39 is 5.60 Å². The monoisotopic (exact) mass is 665 g/mol. The van der Waals surface area contributed by atoms with Gasteiger partial charge >= 0.3 is 6.09 Å². The van der Waals surface area contributed by atoms with Gasteiger partial charge in [-0.15, -0.1) is 10.2 Å². The molecule has 0 radical (unpaired) electrons. The Morgan fingerprint density at radius 1 is 0.915 bits per heavy atom. The number of hydrogen-bond acceptors (Lipinski definition) is 9. The number of piperazine rings is 1. The number of halogens is 1. The fourth-order valence-corrected chi connectivity index (χ4v) is 6.51. The van der Waals surface area contributed by atoms with Crippen LogP contribution in [0.3, 0.4) is 0 Å². The average molecular weight is 666 g/mol. The Bertz CT molecular complexity index is 1480. The van der Waals surface area contributed by atoms with Crippen molar-refractivity contribution < 1.29 is 23.9 Å². The van der Waals surface area contributed by atoms with E-state index in [2.05, 4.69) is 26.5 Å². The molecule has 1 aromatic carbocycles. The Morgan fingerprint density at radius 3 is 2.19 bits per heavy atom. The second-order valence-electron chi connectivity index (χ2n) is 13.6. The van der Waals surface area contributed by atoms with Crippen molar-refractivity contribution in [3.05, 3.63) is 46.1 Å². The van der Waals surface area contributed by atoms with Gasteiger partial charge in [-0.3, -0.25) is 9.59 Å². The van der Waals surface area contributed by atoms with Crippen LogP contribution in [0, 0.1) is 24.2 Å². The Morgan fingerprint density at radius 2 is 1.60 bits per heavy atom. The molecular formula is C34H44ClN7O5. The molecule has 0 unspecified atom stereocenters. The van der Waals surface area contributed by atoms with Gasteiger partial charge in [0.25, 0.3) is 5.91 Å². The van der Waals surface area contributed by atoms with Crippen LogP contribution in [0.2, 0.25) is 5.02 Å². The van der Waals surface area contributed by atoms with Gasteiger partial charge in [-0.1, -0.05) is 11.6 Å². The number of nitrogens with one attached hydrogen (secondary N) is 1. The van der Waals surface area contributed by atoms with E-state index in [-0.39, 0.29) is 41.7 Å². The van der Waals surface area contributed by atoms with Gasteiger partial charge in [0.2, 0.25) is 5.91 Å². The van der Waals surface area contributed by atoms with Crippen LogP contribution in [-0.2, 0) is 9.53 Å². The molecule has 12 nitrogen and oxygen atoms in total. The van der Waals surface area contributed by atoms with E-state index in [1.165, 1.54) is 0 Å². The van der Waals surface area contributed by atoms with Gasteiger partial charge < -0.3 is 29.5 Å². The number of nitriles is 1. The number of nitrogens with zero attached hydrogens (tertiary/aromatic N) is 6. The highest BCUT2D eigenvalue weighted by atomic mass is 35.5. The summed E-state index contributed by atoms with van der Waals surface area (Å²) in [6.45, 7) is 10.9. The summed E-state index contributed by atoms with van der Waals surface area (Å²) in [5, 5.41) is 21.2. The van der Waals surface area contributed by atoms with Crippen molar-refractivity contribution in [3.8, 4) is 11.8 Å². The van der Waals surface area contributed by atoms with E-state index in [9.17, 15) is 14.4 Å². The van der Waals surface area contributed by atoms with Gasteiger partial charge in [-0.05, 0) is 90.5 Å². The van der Waals surface area contributed by atoms with Gasteiger partial charge in [0, 0.05) is 56.8 Å². The fourth-order valence-electron chi connectivity index (χ4n) is 6.31. The van der Waals surface area contributed by atoms with Crippen molar-refractivity contribution >= 4 is 35.3 Å². The summed E-state index contributed by atoms with van der Waals surface area (Å²) in [7, 11) is 0. The summed E-state index contributed by atoms with van der Waals surface area (Å²) in [5.74, 6) is 1.15. The highest BCUT2D eigenvalue weighted by Crippen LogP contribution is 2.32. The number of rotatable bonds is 6. The molecule has 2 aliphatic heterocycles. The summed E-state index contributed by atoms with van der Waals surface area (Å²) >= 11 is 6.29. The number of carbonyl (C=O) groups excluding carboxylic acids is 3. The normalized spacial score (nSPS) is 20.7. The summed E-state index contributed by atoms with van der Waals surface area (Å²) in [6, 6.07) is 9.06. The SMILES string of the molecule is Cc1c(OC2CCC(NC(=O)c3ccc(N4CCN(C(=O)C5CCN(C(=O)OC(C)(C)C)CC5)CC4)nn3)CC2)ccc(C#N)c1Cl. The third-order valence-corrected chi connectivity index (χ3v) is 9.54. The van der Waals surface area contributed by atoms with Crippen LogP contribution < -0.4 is 15.0 Å². The number of hydrogen-bond donors (Lipinski definition) is 1. The molecule has 0 bridgehead atoms. The first-order chi connectivity index (χ1) is 22.4. The predicted molar refractivity (Wildman–Crippen MR) is 176 cm³/mol. The molecule has 3 fully saturated rings. The molecule has 3 amide bonds. The molecule has 5 rings (SSSR count). The molecule has 2 saturated heterocycles. The van der Waals surface area contributed by atoms with Gasteiger partial charge in [0.05, 0.1) is 16.7 Å². The standard InChI is InChI=1S/C34H44ClN7O5/c1-22-28(11-5-24(21-36)30(22)35)46-26-8-6-25(7-9-26)37-31(43)27-10-12-29(39-38-27)40-17-19-41(20-18-40)32(44)23-13-15-42(16-14-23)33(45)47-34(2,3)4/h5,10-12,23,25-26H,6-9,13-20H2,1-4H3,(H,37,43). The molecule has 47 heavy (non-hydrogen) atoms. The molecule has 252 valence electrons. The van der Waals surface area contributed by atoms with E-state index in [0.29, 0.717) is 74.3 Å². The van der Waals surface area contributed by atoms with Crippen LogP contribution in [0.5, 0.6) is 5.75 Å². The first-order valence-electron chi connectivity index (χ1n) is 16.4. The van der Waals surface area contributed by atoms with Crippen LogP contribution in [-0.4, -0.2) is 94.9 Å². The van der Waals surface area contributed by atoms with Crippen LogP contribution in [0.4, 0.5) is 10.6 Å². The molecule has 1 saturated carbocycles. The zero-order valence-corrected chi connectivity index (χ0v) is 28.4. The van der Waals surface area contributed by atoms with Gasteiger partial charge in [0.1, 0.15) is 17.4 Å². The lowest BCUT2D eigenvalue weighted by Gasteiger charge is -2.39. The summed E-state index contributed by atoms with van der Waals surface area (Å²) in [5.41, 5.74) is 0.913. The zero-order chi connectivity index (χ0) is 33.7. The number of amides is 3. The fraction of sp³-hybridized carbons (Fsp3) is 0.588. The lowest BCUT2D eigenvalue weighted by Crippen LogP contribution is -2.52. The first-order valence-corrected chi connectivity index (χ1v) is 16.8. The third kappa shape index (κ3) is 8.63. The number of carbonyl (C=O) groups is 3. The second-order valence-corrected chi connectivity index (χ2v) is 13.9. The summed E-state index contributed by atoms with van der Waals surface area (Å²) in [6.07, 6.45) is 4.08. The van der Waals surface area contributed by atoms with E-state index in [1.54, 1.807) is 23.1 Å². The van der Waals surface area contributed by atoms with Crippen molar-refractivity contribution in [1.29, 1.82) is 5.26 Å². The maximum absolute atomic E-state index is 13.2. The minimum Gasteiger partial charge on any atom is -0.490 e. The average Bonchev–Trinajstić information content (AvgIpc) is 3.07. The predicted octanol–water partition coefficient (Wildman–Crippen LogP) is 4.73. The van der Waals surface area contributed by atoms with Crippen LogP contribution in [0.1, 0.15) is 80.9 Å². The summed E-state index contributed by atoms with van der Waals surface area (Å²) in [4.78, 5) is 44.2. The highest BCUT2D eigenvalue weighted by molar-refractivity contribution is 6.32.